The molecule has 0 aliphatic carbocycles. The van der Waals surface area contributed by atoms with E-state index in [1.165, 1.54) is 70.6 Å². The summed E-state index contributed by atoms with van der Waals surface area (Å²) < 4.78 is 4.46. The van der Waals surface area contributed by atoms with E-state index in [0.717, 1.165) is 6.54 Å². The van der Waals surface area contributed by atoms with Crippen LogP contribution >= 0.6 is 0 Å². The monoisotopic (exact) mass is 329 g/mol. The molecule has 0 fully saturated rings. The van der Waals surface area contributed by atoms with Gasteiger partial charge in [0.25, 0.3) is 0 Å². The van der Waals surface area contributed by atoms with Crippen molar-refractivity contribution in [2.75, 3.05) is 19.8 Å². The molecule has 0 aliphatic heterocycles. The smallest absolute Gasteiger partial charge is 0.333 e. The molecule has 0 radical (unpaired) electrons. The molecule has 0 amide bonds. The fourth-order valence-corrected chi connectivity index (χ4v) is 2.07. The van der Waals surface area contributed by atoms with Crippen molar-refractivity contribution in [2.45, 2.75) is 84.5 Å². The Morgan fingerprint density at radius 1 is 0.957 bits per heavy atom. The molecule has 0 aromatic rings. The lowest BCUT2D eigenvalue weighted by atomic mass is 10.1. The van der Waals surface area contributed by atoms with Crippen molar-refractivity contribution < 1.29 is 14.6 Å². The minimum Gasteiger partial charge on any atom is -0.460 e. The molecule has 138 valence electrons. The number of unbranched alkanes of at least 4 members (excludes halogenated alkanes) is 10. The predicted octanol–water partition coefficient (Wildman–Crippen LogP) is 4.35. The lowest BCUT2D eigenvalue weighted by molar-refractivity contribution is -0.139. The third-order valence-corrected chi connectivity index (χ3v) is 3.48. The lowest BCUT2D eigenvalue weighted by Gasteiger charge is -2.01. The van der Waals surface area contributed by atoms with Crippen LogP contribution in [0.1, 0.15) is 84.5 Å². The number of carbonyl (C=O) groups is 1. The average molecular weight is 330 g/mol. The van der Waals surface area contributed by atoms with Crippen LogP contribution in [0.2, 0.25) is 0 Å². The molecule has 0 atom stereocenters. The van der Waals surface area contributed by atoms with E-state index in [1.807, 2.05) is 0 Å². The van der Waals surface area contributed by atoms with Crippen molar-refractivity contribution in [3.63, 3.8) is 0 Å². The van der Waals surface area contributed by atoms with Crippen LogP contribution in [0.15, 0.2) is 12.2 Å². The molecule has 0 heterocycles. The van der Waals surface area contributed by atoms with Crippen LogP contribution in [-0.4, -0.2) is 30.8 Å². The number of hydrogen-bond acceptors (Lipinski definition) is 4. The molecule has 0 aromatic carbocycles. The lowest BCUT2D eigenvalue weighted by Crippen LogP contribution is -2.08. The summed E-state index contributed by atoms with van der Waals surface area (Å²) in [5.41, 5.74) is 5.79. The predicted molar refractivity (Wildman–Crippen MR) is 98.4 cm³/mol. The second-order valence-corrected chi connectivity index (χ2v) is 5.96. The van der Waals surface area contributed by atoms with E-state index < -0.39 is 5.97 Å². The number of ether oxygens (including phenoxy) is 1. The van der Waals surface area contributed by atoms with E-state index >= 15 is 0 Å². The van der Waals surface area contributed by atoms with Crippen molar-refractivity contribution in [2.24, 2.45) is 5.73 Å². The first-order valence-electron chi connectivity index (χ1n) is 9.23. The normalized spacial score (nSPS) is 9.91. The Morgan fingerprint density at radius 3 is 1.74 bits per heavy atom. The van der Waals surface area contributed by atoms with Gasteiger partial charge in [-0.2, -0.15) is 0 Å². The van der Waals surface area contributed by atoms with E-state index in [-0.39, 0.29) is 13.2 Å². The molecule has 23 heavy (non-hydrogen) atoms. The summed E-state index contributed by atoms with van der Waals surface area (Å²) in [5.74, 6) is -0.455. The van der Waals surface area contributed by atoms with Gasteiger partial charge in [0.15, 0.2) is 0 Å². The first-order chi connectivity index (χ1) is 11.1. The number of hydrogen-bond donors (Lipinski definition) is 2. The minimum atomic E-state index is -0.455. The van der Waals surface area contributed by atoms with Crippen LogP contribution in [0.3, 0.4) is 0 Å². The standard InChI is InChI=1S/C13H29N.C6H10O3/c1-2-3-4-5-6-7-8-9-10-11-12-13-14;1-5(2)6(8)9-4-3-7/h2-14H2,1H3;7H,1,3-4H2,2H3. The summed E-state index contributed by atoms with van der Waals surface area (Å²) in [5, 5.41) is 8.19. The molecular formula is C19H39NO3. The molecule has 4 heteroatoms. The highest BCUT2D eigenvalue weighted by atomic mass is 16.5. The highest BCUT2D eigenvalue weighted by Crippen LogP contribution is 2.10. The largest absolute Gasteiger partial charge is 0.460 e. The van der Waals surface area contributed by atoms with Crippen LogP contribution < -0.4 is 5.73 Å². The van der Waals surface area contributed by atoms with E-state index in [1.54, 1.807) is 6.92 Å². The average Bonchev–Trinajstić information content (AvgIpc) is 2.55. The third-order valence-electron chi connectivity index (χ3n) is 3.48. The van der Waals surface area contributed by atoms with Gasteiger partial charge in [0.05, 0.1) is 6.61 Å². The summed E-state index contributed by atoms with van der Waals surface area (Å²) in [4.78, 5) is 10.5. The Balaban J connectivity index is 0. The van der Waals surface area contributed by atoms with Crippen LogP contribution in [0.4, 0.5) is 0 Å². The van der Waals surface area contributed by atoms with E-state index in [4.69, 9.17) is 10.8 Å². The van der Waals surface area contributed by atoms with Gasteiger partial charge in [-0.1, -0.05) is 77.7 Å². The first kappa shape index (κ1) is 24.4. The SMILES string of the molecule is C=C(C)C(=O)OCCO.CCCCCCCCCCCCCN. The van der Waals surface area contributed by atoms with Gasteiger partial charge < -0.3 is 15.6 Å². The van der Waals surface area contributed by atoms with Gasteiger partial charge in [-0.25, -0.2) is 4.79 Å². The zero-order chi connectivity index (χ0) is 17.8. The Labute approximate surface area is 143 Å². The molecule has 0 rings (SSSR count). The molecule has 0 bridgehead atoms. The van der Waals surface area contributed by atoms with Crippen molar-refractivity contribution in [1.29, 1.82) is 0 Å². The fraction of sp³-hybridized carbons (Fsp3) is 0.842. The van der Waals surface area contributed by atoms with E-state index in [2.05, 4.69) is 18.2 Å². The maximum absolute atomic E-state index is 10.5. The molecule has 0 unspecified atom stereocenters. The zero-order valence-corrected chi connectivity index (χ0v) is 15.4. The van der Waals surface area contributed by atoms with Crippen LogP contribution in [-0.2, 0) is 9.53 Å². The summed E-state index contributed by atoms with van der Waals surface area (Å²) in [7, 11) is 0. The van der Waals surface area contributed by atoms with Gasteiger partial charge in [0, 0.05) is 5.57 Å². The first-order valence-corrected chi connectivity index (χ1v) is 9.23. The van der Waals surface area contributed by atoms with Gasteiger partial charge in [0.1, 0.15) is 6.61 Å². The molecule has 3 N–H and O–H groups in total. The van der Waals surface area contributed by atoms with Gasteiger partial charge in [-0.15, -0.1) is 0 Å². The number of carbonyl (C=O) groups excluding carboxylic acids is 1. The molecule has 0 saturated carbocycles. The second kappa shape index (κ2) is 21.1. The highest BCUT2D eigenvalue weighted by Gasteiger charge is 1.99. The van der Waals surface area contributed by atoms with Crippen LogP contribution in [0, 0.1) is 0 Å². The van der Waals surface area contributed by atoms with Gasteiger partial charge in [-0.05, 0) is 19.9 Å². The van der Waals surface area contributed by atoms with Gasteiger partial charge in [-0.3, -0.25) is 0 Å². The summed E-state index contributed by atoms with van der Waals surface area (Å²) >= 11 is 0. The molecule has 4 nitrogen and oxygen atoms in total. The summed E-state index contributed by atoms with van der Waals surface area (Å²) in [6.45, 7) is 7.96. The molecular weight excluding hydrogens is 290 g/mol. The zero-order valence-electron chi connectivity index (χ0n) is 15.4. The van der Waals surface area contributed by atoms with Crippen LogP contribution in [0.25, 0.3) is 0 Å². The summed E-state index contributed by atoms with van der Waals surface area (Å²) in [6.07, 6.45) is 15.4. The number of esters is 1. The van der Waals surface area contributed by atoms with Gasteiger partial charge in [0.2, 0.25) is 0 Å². The molecule has 0 spiro atoms. The van der Waals surface area contributed by atoms with E-state index in [9.17, 15) is 4.79 Å². The topological polar surface area (TPSA) is 72.5 Å². The van der Waals surface area contributed by atoms with Crippen molar-refractivity contribution in [3.05, 3.63) is 12.2 Å². The quantitative estimate of drug-likeness (QED) is 0.282. The fourth-order valence-electron chi connectivity index (χ4n) is 2.07. The number of aliphatic hydroxyl groups is 1. The molecule has 0 aliphatic rings. The Morgan fingerprint density at radius 2 is 1.39 bits per heavy atom. The second-order valence-electron chi connectivity index (χ2n) is 5.96. The number of rotatable bonds is 14. The Bertz CT molecular complexity index is 255. The molecule has 0 saturated heterocycles. The van der Waals surface area contributed by atoms with Crippen molar-refractivity contribution in [3.8, 4) is 0 Å². The third kappa shape index (κ3) is 23.5. The maximum atomic E-state index is 10.5. The highest BCUT2D eigenvalue weighted by molar-refractivity contribution is 5.86. The number of nitrogens with two attached hydrogens (primary N) is 1. The van der Waals surface area contributed by atoms with Crippen molar-refractivity contribution >= 4 is 5.97 Å². The minimum absolute atomic E-state index is 0.0473. The Kier molecular flexibility index (Phi) is 22.4. The van der Waals surface area contributed by atoms with Crippen LogP contribution in [0.5, 0.6) is 0 Å². The van der Waals surface area contributed by atoms with E-state index in [0.29, 0.717) is 5.57 Å². The molecule has 0 aromatic heterocycles. The maximum Gasteiger partial charge on any atom is 0.333 e. The number of aliphatic hydroxyl groups excluding tert-OH is 1. The van der Waals surface area contributed by atoms with Gasteiger partial charge >= 0.3 is 5.97 Å². The summed E-state index contributed by atoms with van der Waals surface area (Å²) in [6, 6.07) is 0. The Hall–Kier alpha value is -0.870. The van der Waals surface area contributed by atoms with Crippen molar-refractivity contribution in [1.82, 2.24) is 0 Å².